The summed E-state index contributed by atoms with van der Waals surface area (Å²) in [4.78, 5) is 7.19. The van der Waals surface area contributed by atoms with Crippen LogP contribution in [0.3, 0.4) is 0 Å². The Bertz CT molecular complexity index is 608. The monoisotopic (exact) mass is 361 g/mol. The fraction of sp³-hybridized carbons (Fsp3) is 0.579. The Kier molecular flexibility index (Phi) is 6.17. The fourth-order valence-corrected chi connectivity index (χ4v) is 5.12. The number of thioether (sulfide) groups is 1. The molecule has 0 radical (unpaired) electrons. The fourth-order valence-electron chi connectivity index (χ4n) is 3.39. The lowest BCUT2D eigenvalue weighted by Gasteiger charge is -2.31. The van der Waals surface area contributed by atoms with E-state index in [0.29, 0.717) is 12.1 Å². The van der Waals surface area contributed by atoms with E-state index in [4.69, 9.17) is 17.2 Å². The maximum Gasteiger partial charge on any atom is 0.175 e. The Morgan fingerprint density at radius 1 is 1.29 bits per heavy atom. The summed E-state index contributed by atoms with van der Waals surface area (Å²) in [6, 6.07) is 9.28. The van der Waals surface area contributed by atoms with Crippen LogP contribution in [0.5, 0.6) is 0 Å². The number of rotatable bonds is 3. The van der Waals surface area contributed by atoms with Crippen molar-refractivity contribution < 1.29 is 0 Å². The van der Waals surface area contributed by atoms with E-state index < -0.39 is 0 Å². The zero-order chi connectivity index (χ0) is 16.9. The molecule has 2 aliphatic rings. The van der Waals surface area contributed by atoms with E-state index in [2.05, 4.69) is 42.3 Å². The van der Waals surface area contributed by atoms with Crippen molar-refractivity contribution in [2.45, 2.75) is 64.5 Å². The predicted molar refractivity (Wildman–Crippen MR) is 109 cm³/mol. The second-order valence-corrected chi connectivity index (χ2v) is 8.08. The van der Waals surface area contributed by atoms with Gasteiger partial charge in [-0.3, -0.25) is 4.90 Å². The van der Waals surface area contributed by atoms with E-state index >= 15 is 0 Å². The zero-order valence-electron chi connectivity index (χ0n) is 14.6. The van der Waals surface area contributed by atoms with Crippen LogP contribution in [0.2, 0.25) is 0 Å². The molecule has 1 aromatic carbocycles. The van der Waals surface area contributed by atoms with E-state index in [9.17, 15) is 0 Å². The van der Waals surface area contributed by atoms with Gasteiger partial charge in [-0.05, 0) is 50.0 Å². The third kappa shape index (κ3) is 4.12. The smallest absolute Gasteiger partial charge is 0.175 e. The minimum Gasteiger partial charge on any atom is -0.359 e. The van der Waals surface area contributed by atoms with Gasteiger partial charge in [0, 0.05) is 17.8 Å². The molecule has 1 aliphatic carbocycles. The summed E-state index contributed by atoms with van der Waals surface area (Å²) in [5.41, 5.74) is 2.25. The molecule has 1 aromatic rings. The lowest BCUT2D eigenvalue weighted by atomic mass is 9.96. The van der Waals surface area contributed by atoms with Gasteiger partial charge in [0.1, 0.15) is 0 Å². The first-order valence-corrected chi connectivity index (χ1v) is 10.4. The topological polar surface area (TPSA) is 27.6 Å². The minimum absolute atomic E-state index is 0.446. The summed E-state index contributed by atoms with van der Waals surface area (Å²) in [6.07, 6.45) is 7.56. The molecule has 1 N–H and O–H groups in total. The maximum absolute atomic E-state index is 5.78. The number of nitrogens with one attached hydrogen (secondary N) is 1. The van der Waals surface area contributed by atoms with Crippen molar-refractivity contribution in [3.05, 3.63) is 29.8 Å². The normalized spacial score (nSPS) is 23.7. The Labute approximate surface area is 155 Å². The summed E-state index contributed by atoms with van der Waals surface area (Å²) in [5, 5.41) is 5.53. The highest BCUT2D eigenvalue weighted by Crippen LogP contribution is 2.30. The van der Waals surface area contributed by atoms with Crippen LogP contribution in [0.25, 0.3) is 0 Å². The molecule has 0 aromatic heterocycles. The van der Waals surface area contributed by atoms with Gasteiger partial charge < -0.3 is 5.32 Å². The van der Waals surface area contributed by atoms with Gasteiger partial charge in [-0.15, -0.1) is 0 Å². The van der Waals surface area contributed by atoms with Crippen molar-refractivity contribution >= 4 is 39.9 Å². The Morgan fingerprint density at radius 2 is 2.04 bits per heavy atom. The standard InChI is InChI=1S/C19H27N3S2/c1-3-16-13-24-19(21-17-12-8-7-9-14(17)2)22(16)18(23)20-15-10-5-4-6-11-15/h7-9,12,15-16H,3-6,10-11,13H2,1-2H3,(H,20,23)/t16-/m0/s1. The molecule has 1 heterocycles. The number of benzene rings is 1. The maximum atomic E-state index is 5.78. The van der Waals surface area contributed by atoms with Crippen molar-refractivity contribution in [2.24, 2.45) is 4.99 Å². The van der Waals surface area contributed by atoms with Gasteiger partial charge in [0.05, 0.1) is 5.69 Å². The summed E-state index contributed by atoms with van der Waals surface area (Å²) in [7, 11) is 0. The zero-order valence-corrected chi connectivity index (χ0v) is 16.3. The highest BCUT2D eigenvalue weighted by Gasteiger charge is 2.33. The SMILES string of the molecule is CC[C@H]1CSC(=Nc2ccccc2C)N1C(=S)NC1CCCCC1. The van der Waals surface area contributed by atoms with Crippen LogP contribution in [0.1, 0.15) is 51.0 Å². The number of para-hydroxylation sites is 1. The molecule has 0 spiro atoms. The first-order valence-electron chi connectivity index (χ1n) is 9.06. The van der Waals surface area contributed by atoms with Gasteiger partial charge in [0.25, 0.3) is 0 Å². The number of amidine groups is 1. The molecule has 0 bridgehead atoms. The van der Waals surface area contributed by atoms with Crippen molar-refractivity contribution in [1.29, 1.82) is 0 Å². The number of hydrogen-bond donors (Lipinski definition) is 1. The molecule has 130 valence electrons. The molecule has 5 heteroatoms. The van der Waals surface area contributed by atoms with Crippen LogP contribution >= 0.6 is 24.0 Å². The highest BCUT2D eigenvalue weighted by atomic mass is 32.2. The van der Waals surface area contributed by atoms with Crippen molar-refractivity contribution in [2.75, 3.05) is 5.75 Å². The third-order valence-corrected chi connectivity index (χ3v) is 6.34. The second kappa shape index (κ2) is 8.34. The van der Waals surface area contributed by atoms with Crippen LogP contribution in [0.4, 0.5) is 5.69 Å². The van der Waals surface area contributed by atoms with E-state index in [1.165, 1.54) is 37.7 Å². The highest BCUT2D eigenvalue weighted by molar-refractivity contribution is 8.14. The lowest BCUT2D eigenvalue weighted by Crippen LogP contribution is -2.49. The quantitative estimate of drug-likeness (QED) is 0.765. The molecule has 3 nitrogen and oxygen atoms in total. The van der Waals surface area contributed by atoms with Gasteiger partial charge in [-0.2, -0.15) is 0 Å². The van der Waals surface area contributed by atoms with Crippen LogP contribution < -0.4 is 5.32 Å². The molecule has 1 aliphatic heterocycles. The van der Waals surface area contributed by atoms with Gasteiger partial charge in [0.15, 0.2) is 10.3 Å². The summed E-state index contributed by atoms with van der Waals surface area (Å²) in [6.45, 7) is 4.34. The Morgan fingerprint density at radius 3 is 2.75 bits per heavy atom. The van der Waals surface area contributed by atoms with E-state index in [0.717, 1.165) is 28.1 Å². The number of hydrogen-bond acceptors (Lipinski definition) is 3. The molecule has 3 rings (SSSR count). The molecule has 1 saturated heterocycles. The first kappa shape index (κ1) is 17.7. The first-order chi connectivity index (χ1) is 11.7. The van der Waals surface area contributed by atoms with Crippen molar-refractivity contribution in [1.82, 2.24) is 10.2 Å². The van der Waals surface area contributed by atoms with Crippen LogP contribution in [-0.4, -0.2) is 33.0 Å². The summed E-state index contributed by atoms with van der Waals surface area (Å²) < 4.78 is 0. The van der Waals surface area contributed by atoms with Crippen molar-refractivity contribution in [3.8, 4) is 0 Å². The average Bonchev–Trinajstić information content (AvgIpc) is 3.00. The van der Waals surface area contributed by atoms with Crippen LogP contribution in [0.15, 0.2) is 29.3 Å². The molecular formula is C19H27N3S2. The lowest BCUT2D eigenvalue weighted by molar-refractivity contribution is 0.393. The van der Waals surface area contributed by atoms with Gasteiger partial charge in [-0.1, -0.05) is 56.1 Å². The molecule has 1 atom stereocenters. The van der Waals surface area contributed by atoms with E-state index in [-0.39, 0.29) is 0 Å². The van der Waals surface area contributed by atoms with Gasteiger partial charge in [-0.25, -0.2) is 4.99 Å². The molecule has 0 amide bonds. The summed E-state index contributed by atoms with van der Waals surface area (Å²) >= 11 is 7.61. The van der Waals surface area contributed by atoms with E-state index in [1.807, 2.05) is 17.8 Å². The largest absolute Gasteiger partial charge is 0.359 e. The third-order valence-electron chi connectivity index (χ3n) is 4.93. The molecule has 1 saturated carbocycles. The molecule has 24 heavy (non-hydrogen) atoms. The Balaban J connectivity index is 1.78. The predicted octanol–water partition coefficient (Wildman–Crippen LogP) is 5.02. The van der Waals surface area contributed by atoms with Crippen LogP contribution in [-0.2, 0) is 0 Å². The molecule has 2 fully saturated rings. The molecular weight excluding hydrogens is 334 g/mol. The number of aryl methyl sites for hydroxylation is 1. The minimum atomic E-state index is 0.446. The number of aliphatic imine (C=N–C) groups is 1. The molecule has 0 unspecified atom stereocenters. The van der Waals surface area contributed by atoms with Gasteiger partial charge >= 0.3 is 0 Å². The average molecular weight is 362 g/mol. The number of thiocarbonyl (C=S) groups is 1. The summed E-state index contributed by atoms with van der Waals surface area (Å²) in [5.74, 6) is 1.06. The number of nitrogens with zero attached hydrogens (tertiary/aromatic N) is 2. The van der Waals surface area contributed by atoms with E-state index in [1.54, 1.807) is 0 Å². The van der Waals surface area contributed by atoms with Gasteiger partial charge in [0.2, 0.25) is 0 Å². The van der Waals surface area contributed by atoms with Crippen molar-refractivity contribution in [3.63, 3.8) is 0 Å². The Hall–Kier alpha value is -1.07. The van der Waals surface area contributed by atoms with Crippen LogP contribution in [0, 0.1) is 6.92 Å². The second-order valence-electron chi connectivity index (χ2n) is 6.71.